The van der Waals surface area contributed by atoms with Crippen LogP contribution in [0.3, 0.4) is 0 Å². The van der Waals surface area contributed by atoms with Crippen molar-refractivity contribution in [1.82, 2.24) is 15.5 Å². The van der Waals surface area contributed by atoms with Crippen molar-refractivity contribution in [2.24, 2.45) is 11.7 Å². The summed E-state index contributed by atoms with van der Waals surface area (Å²) in [5.41, 5.74) is 6.30. The van der Waals surface area contributed by atoms with Gasteiger partial charge in [-0.05, 0) is 43.7 Å². The first-order valence-electron chi connectivity index (χ1n) is 7.64. The Morgan fingerprint density at radius 1 is 1.50 bits per heavy atom. The van der Waals surface area contributed by atoms with Gasteiger partial charge in [-0.25, -0.2) is 4.79 Å². The first-order chi connectivity index (χ1) is 11.4. The van der Waals surface area contributed by atoms with E-state index < -0.39 is 17.2 Å². The van der Waals surface area contributed by atoms with Gasteiger partial charge in [0.15, 0.2) is 0 Å². The Labute approximate surface area is 147 Å². The van der Waals surface area contributed by atoms with Gasteiger partial charge in [0, 0.05) is 4.88 Å². The molecule has 3 rings (SSSR count). The molecule has 2 heterocycles. The number of amides is 3. The van der Waals surface area contributed by atoms with Gasteiger partial charge in [0.05, 0.1) is 10.1 Å². The number of urea groups is 1. The van der Waals surface area contributed by atoms with E-state index in [0.29, 0.717) is 11.8 Å². The molecule has 0 saturated carbocycles. The van der Waals surface area contributed by atoms with Crippen LogP contribution in [0, 0.1) is 5.92 Å². The Morgan fingerprint density at radius 3 is 3.04 bits per heavy atom. The fourth-order valence-electron chi connectivity index (χ4n) is 2.60. The fraction of sp³-hybridized carbons (Fsp3) is 0.467. The number of hydrogen-bond donors (Lipinski definition) is 2. The summed E-state index contributed by atoms with van der Waals surface area (Å²) in [6.07, 6.45) is 3.40. The molecule has 7 nitrogen and oxygen atoms in total. The molecule has 1 aliphatic carbocycles. The van der Waals surface area contributed by atoms with Crippen molar-refractivity contribution in [2.75, 3.05) is 0 Å². The number of hydrogen-bond acceptors (Lipinski definition) is 7. The SMILES string of the molecule is C[C@H]1CCc2sc(-c3nnc(S[C@H](C)C(=O)NC(N)=O)o3)cc2C1. The molecular weight excluding hydrogens is 348 g/mol. The molecule has 0 aromatic carbocycles. The topological polar surface area (TPSA) is 111 Å². The summed E-state index contributed by atoms with van der Waals surface area (Å²) in [6, 6.07) is 1.25. The average Bonchev–Trinajstić information content (AvgIpc) is 3.12. The molecule has 24 heavy (non-hydrogen) atoms. The van der Waals surface area contributed by atoms with Gasteiger partial charge in [0.2, 0.25) is 5.91 Å². The molecule has 0 fully saturated rings. The van der Waals surface area contributed by atoms with Gasteiger partial charge < -0.3 is 10.2 Å². The number of thiophene rings is 1. The van der Waals surface area contributed by atoms with E-state index in [2.05, 4.69) is 23.2 Å². The number of primary amides is 1. The fourth-order valence-corrected chi connectivity index (χ4v) is 4.41. The standard InChI is InChI=1S/C15H18N4O3S2/c1-7-3-4-10-9(5-7)6-11(24-10)13-18-19-15(22-13)23-8(2)12(20)17-14(16)21/h6-8H,3-5H2,1-2H3,(H3,16,17,20,21)/t7-,8+/m0/s1. The normalized spacial score (nSPS) is 18.0. The second-order valence-electron chi connectivity index (χ2n) is 5.89. The number of imide groups is 1. The Bertz CT molecular complexity index is 771. The lowest BCUT2D eigenvalue weighted by Gasteiger charge is -2.16. The quantitative estimate of drug-likeness (QED) is 0.805. The smallest absolute Gasteiger partial charge is 0.318 e. The van der Waals surface area contributed by atoms with Crippen LogP contribution in [-0.2, 0) is 17.6 Å². The van der Waals surface area contributed by atoms with Crippen LogP contribution in [0.4, 0.5) is 4.79 Å². The zero-order chi connectivity index (χ0) is 17.3. The Morgan fingerprint density at radius 2 is 2.29 bits per heavy atom. The zero-order valence-electron chi connectivity index (χ0n) is 13.4. The number of nitrogens with zero attached hydrogens (tertiary/aromatic N) is 2. The van der Waals surface area contributed by atoms with Gasteiger partial charge in [-0.15, -0.1) is 21.5 Å². The van der Waals surface area contributed by atoms with Crippen molar-refractivity contribution in [3.63, 3.8) is 0 Å². The van der Waals surface area contributed by atoms with E-state index in [1.54, 1.807) is 18.3 Å². The van der Waals surface area contributed by atoms with E-state index in [9.17, 15) is 9.59 Å². The van der Waals surface area contributed by atoms with E-state index in [1.165, 1.54) is 16.9 Å². The molecule has 128 valence electrons. The highest BCUT2D eigenvalue weighted by atomic mass is 32.2. The molecule has 0 aliphatic heterocycles. The van der Waals surface area contributed by atoms with Crippen molar-refractivity contribution >= 4 is 35.0 Å². The summed E-state index contributed by atoms with van der Waals surface area (Å²) in [7, 11) is 0. The molecule has 0 radical (unpaired) electrons. The molecule has 0 bridgehead atoms. The van der Waals surface area contributed by atoms with Crippen LogP contribution in [0.25, 0.3) is 10.8 Å². The second kappa shape index (κ2) is 6.94. The molecule has 1 aliphatic rings. The summed E-state index contributed by atoms with van der Waals surface area (Å²) in [4.78, 5) is 24.7. The highest BCUT2D eigenvalue weighted by Gasteiger charge is 2.23. The molecule has 3 N–H and O–H groups in total. The van der Waals surface area contributed by atoms with Gasteiger partial charge >= 0.3 is 6.03 Å². The molecule has 2 aromatic heterocycles. The number of nitrogens with one attached hydrogen (secondary N) is 1. The number of carbonyl (C=O) groups excluding carboxylic acids is 2. The third-order valence-electron chi connectivity index (χ3n) is 3.84. The first kappa shape index (κ1) is 17.0. The predicted octanol–water partition coefficient (Wildman–Crippen LogP) is 2.60. The number of fused-ring (bicyclic) bond motifs is 1. The van der Waals surface area contributed by atoms with Crippen LogP contribution in [0.1, 0.15) is 30.7 Å². The zero-order valence-corrected chi connectivity index (χ0v) is 15.0. The highest BCUT2D eigenvalue weighted by Crippen LogP contribution is 2.37. The van der Waals surface area contributed by atoms with Gasteiger partial charge in [-0.1, -0.05) is 18.7 Å². The summed E-state index contributed by atoms with van der Waals surface area (Å²) >= 11 is 2.78. The summed E-state index contributed by atoms with van der Waals surface area (Å²) in [5.74, 6) is 0.679. The van der Waals surface area contributed by atoms with Gasteiger partial charge in [0.25, 0.3) is 11.1 Å². The van der Waals surface area contributed by atoms with Gasteiger partial charge in [-0.3, -0.25) is 10.1 Å². The number of nitrogens with two attached hydrogens (primary N) is 1. The van der Waals surface area contributed by atoms with Crippen molar-refractivity contribution in [3.8, 4) is 10.8 Å². The van der Waals surface area contributed by atoms with Crippen LogP contribution in [-0.4, -0.2) is 27.4 Å². The molecule has 2 aromatic rings. The molecule has 0 unspecified atom stereocenters. The van der Waals surface area contributed by atoms with E-state index in [-0.39, 0.29) is 5.22 Å². The van der Waals surface area contributed by atoms with Gasteiger partial charge in [0.1, 0.15) is 0 Å². The van der Waals surface area contributed by atoms with Crippen LogP contribution >= 0.6 is 23.1 Å². The van der Waals surface area contributed by atoms with Crippen LogP contribution in [0.5, 0.6) is 0 Å². The maximum Gasteiger partial charge on any atom is 0.318 e. The summed E-state index contributed by atoms with van der Waals surface area (Å²) in [5, 5.41) is 9.80. The highest BCUT2D eigenvalue weighted by molar-refractivity contribution is 8.00. The number of aryl methyl sites for hydroxylation is 1. The van der Waals surface area contributed by atoms with E-state index >= 15 is 0 Å². The van der Waals surface area contributed by atoms with E-state index in [1.807, 2.05) is 5.32 Å². The Hall–Kier alpha value is -1.87. The Balaban J connectivity index is 1.70. The maximum atomic E-state index is 11.7. The molecule has 0 spiro atoms. The minimum absolute atomic E-state index is 0.289. The van der Waals surface area contributed by atoms with Crippen molar-refractivity contribution in [3.05, 3.63) is 16.5 Å². The lowest BCUT2D eigenvalue weighted by molar-refractivity contribution is -0.119. The lowest BCUT2D eigenvalue weighted by Crippen LogP contribution is -2.39. The second-order valence-corrected chi connectivity index (χ2v) is 8.32. The molecular formula is C15H18N4O3S2. The number of thioether (sulfide) groups is 1. The van der Waals surface area contributed by atoms with Crippen LogP contribution in [0.2, 0.25) is 0 Å². The third-order valence-corrected chi connectivity index (χ3v) is 6.00. The Kier molecular flexibility index (Phi) is 4.91. The van der Waals surface area contributed by atoms with Gasteiger partial charge in [-0.2, -0.15) is 0 Å². The van der Waals surface area contributed by atoms with Crippen molar-refractivity contribution in [2.45, 2.75) is 43.6 Å². The monoisotopic (exact) mass is 366 g/mol. The van der Waals surface area contributed by atoms with Crippen LogP contribution in [0.15, 0.2) is 15.7 Å². The van der Waals surface area contributed by atoms with E-state index in [4.69, 9.17) is 10.2 Å². The van der Waals surface area contributed by atoms with E-state index in [0.717, 1.165) is 29.5 Å². The van der Waals surface area contributed by atoms with Crippen molar-refractivity contribution < 1.29 is 14.0 Å². The van der Waals surface area contributed by atoms with Crippen LogP contribution < -0.4 is 11.1 Å². The largest absolute Gasteiger partial charge is 0.410 e. The molecule has 9 heteroatoms. The predicted molar refractivity (Wildman–Crippen MR) is 91.8 cm³/mol. The third kappa shape index (κ3) is 3.78. The summed E-state index contributed by atoms with van der Waals surface area (Å²) < 4.78 is 5.66. The summed E-state index contributed by atoms with van der Waals surface area (Å²) in [6.45, 7) is 3.90. The molecule has 0 saturated heterocycles. The maximum absolute atomic E-state index is 11.7. The molecule has 2 atom stereocenters. The lowest BCUT2D eigenvalue weighted by atomic mass is 9.90. The first-order valence-corrected chi connectivity index (χ1v) is 9.34. The number of rotatable bonds is 4. The number of carbonyl (C=O) groups is 2. The van der Waals surface area contributed by atoms with Crippen molar-refractivity contribution in [1.29, 1.82) is 0 Å². The number of aromatic nitrogens is 2. The minimum atomic E-state index is -0.878. The molecule has 3 amide bonds. The minimum Gasteiger partial charge on any atom is -0.410 e. The average molecular weight is 366 g/mol.